The Hall–Kier alpha value is -0.230. The summed E-state index contributed by atoms with van der Waals surface area (Å²) in [6, 6.07) is 0. The quantitative estimate of drug-likeness (QED) is 0.610. The van der Waals surface area contributed by atoms with Gasteiger partial charge in [-0.05, 0) is 13.3 Å². The van der Waals surface area contributed by atoms with Gasteiger partial charge < -0.3 is 9.67 Å². The predicted octanol–water partition coefficient (Wildman–Crippen LogP) is 2.46. The zero-order chi connectivity index (χ0) is 12.7. The molecule has 0 rings (SSSR count). The van der Waals surface area contributed by atoms with Gasteiger partial charge in [-0.3, -0.25) is 0 Å². The van der Waals surface area contributed by atoms with Crippen molar-refractivity contribution in [1.82, 2.24) is 0 Å². The summed E-state index contributed by atoms with van der Waals surface area (Å²) in [6.45, 7) is 1.49. The van der Waals surface area contributed by atoms with Gasteiger partial charge in [-0.25, -0.2) is 0 Å². The van der Waals surface area contributed by atoms with Crippen molar-refractivity contribution in [2.24, 2.45) is 0 Å². The van der Waals surface area contributed by atoms with Crippen LogP contribution in [0.4, 0.5) is 26.3 Å². The minimum atomic E-state index is -5.90. The van der Waals surface area contributed by atoms with Gasteiger partial charge in [0.25, 0.3) is 5.60 Å². The summed E-state index contributed by atoms with van der Waals surface area (Å²) in [4.78, 5) is 0. The first-order chi connectivity index (χ1) is 6.21. The molecular weight excluding hydrogens is 249 g/mol. The second-order valence-electron chi connectivity index (χ2n) is 3.59. The Morgan fingerprint density at radius 3 is 1.33 bits per heavy atom. The molecule has 0 aromatic carbocycles. The van der Waals surface area contributed by atoms with Crippen LogP contribution in [0.25, 0.3) is 0 Å². The smallest absolute Gasteiger partial charge is 0.373 e. The van der Waals surface area contributed by atoms with Gasteiger partial charge in [0.05, 0.1) is 7.14 Å². The van der Waals surface area contributed by atoms with Crippen LogP contribution in [0.1, 0.15) is 0 Å². The van der Waals surface area contributed by atoms with Gasteiger partial charge in [-0.2, -0.15) is 26.3 Å². The minimum Gasteiger partial charge on any atom is -0.373 e. The number of aliphatic hydroxyl groups is 1. The monoisotopic (exact) mass is 258 g/mol. The molecule has 0 unspecified atom stereocenters. The number of rotatable bonds is 2. The molecule has 0 radical (unpaired) electrons. The Balaban J connectivity index is 5.35. The summed E-state index contributed by atoms with van der Waals surface area (Å²) in [5.74, 6) is 0. The van der Waals surface area contributed by atoms with E-state index in [-0.39, 0.29) is 0 Å². The molecule has 9 heteroatoms. The Morgan fingerprint density at radius 1 is 1.00 bits per heavy atom. The molecule has 0 spiro atoms. The van der Waals surface area contributed by atoms with Crippen molar-refractivity contribution in [3.63, 3.8) is 0 Å². The summed E-state index contributed by atoms with van der Waals surface area (Å²) >= 11 is 0. The predicted molar refractivity (Wildman–Crippen MR) is 41.4 cm³/mol. The molecule has 1 N–H and O–H groups in total. The van der Waals surface area contributed by atoms with E-state index in [1.165, 1.54) is 0 Å². The largest absolute Gasteiger partial charge is 0.426 e. The third-order valence-electron chi connectivity index (χ3n) is 1.55. The van der Waals surface area contributed by atoms with E-state index in [9.17, 15) is 30.9 Å². The van der Waals surface area contributed by atoms with Gasteiger partial charge in [-0.1, -0.05) is 0 Å². The van der Waals surface area contributed by atoms with Crippen LogP contribution in [0.15, 0.2) is 0 Å². The highest BCUT2D eigenvalue weighted by Crippen LogP contribution is 2.51. The van der Waals surface area contributed by atoms with Gasteiger partial charge in [-0.15, -0.1) is 0 Å². The standard InChI is InChI=1S/C6H9F6O2P/c1-15(2,14)3-4(13,5(7,8)9)6(10,11)12/h13H,3H2,1-2H3. The SMILES string of the molecule is CP(C)(=O)CC(O)(C(F)(F)F)C(F)(F)F. The molecule has 0 fully saturated rings. The molecule has 0 amide bonds. The lowest BCUT2D eigenvalue weighted by Gasteiger charge is -2.33. The van der Waals surface area contributed by atoms with Crippen LogP contribution in [-0.2, 0) is 4.57 Å². The van der Waals surface area contributed by atoms with Crippen molar-refractivity contribution in [2.45, 2.75) is 18.0 Å². The second kappa shape index (κ2) is 3.66. The molecule has 0 aromatic rings. The van der Waals surface area contributed by atoms with E-state index in [4.69, 9.17) is 5.11 Å². The Labute approximate surface area is 81.6 Å². The Bertz CT molecular complexity index is 260. The van der Waals surface area contributed by atoms with Gasteiger partial charge in [0, 0.05) is 6.16 Å². The van der Waals surface area contributed by atoms with Crippen molar-refractivity contribution in [3.05, 3.63) is 0 Å². The molecule has 0 aliphatic heterocycles. The van der Waals surface area contributed by atoms with Crippen LogP contribution in [0.3, 0.4) is 0 Å². The van der Waals surface area contributed by atoms with Gasteiger partial charge >= 0.3 is 12.4 Å². The summed E-state index contributed by atoms with van der Waals surface area (Å²) < 4.78 is 83.2. The fraction of sp³-hybridized carbons (Fsp3) is 1.00. The molecule has 0 heterocycles. The molecule has 0 aliphatic rings. The third kappa shape index (κ3) is 3.38. The average molecular weight is 258 g/mol. The highest BCUT2D eigenvalue weighted by Gasteiger charge is 2.71. The van der Waals surface area contributed by atoms with Crippen LogP contribution in [0.2, 0.25) is 0 Å². The molecule has 15 heavy (non-hydrogen) atoms. The van der Waals surface area contributed by atoms with Crippen molar-refractivity contribution in [3.8, 4) is 0 Å². The maximum atomic E-state index is 12.0. The van der Waals surface area contributed by atoms with E-state index in [0.29, 0.717) is 0 Å². The number of halogens is 6. The first-order valence-electron chi connectivity index (χ1n) is 3.60. The highest BCUT2D eigenvalue weighted by atomic mass is 31.2. The summed E-state index contributed by atoms with van der Waals surface area (Å²) in [6.07, 6.45) is -13.7. The Morgan fingerprint density at radius 2 is 1.27 bits per heavy atom. The van der Waals surface area contributed by atoms with Crippen LogP contribution >= 0.6 is 7.14 Å². The van der Waals surface area contributed by atoms with Crippen molar-refractivity contribution >= 4 is 7.14 Å². The van der Waals surface area contributed by atoms with E-state index in [2.05, 4.69) is 0 Å². The molecule has 2 nitrogen and oxygen atoms in total. The molecule has 0 saturated heterocycles. The van der Waals surface area contributed by atoms with Crippen LogP contribution < -0.4 is 0 Å². The maximum Gasteiger partial charge on any atom is 0.426 e. The molecule has 0 aromatic heterocycles. The number of alkyl halides is 6. The van der Waals surface area contributed by atoms with E-state index in [1.807, 2.05) is 0 Å². The van der Waals surface area contributed by atoms with E-state index in [0.717, 1.165) is 13.3 Å². The van der Waals surface area contributed by atoms with Gasteiger partial charge in [0.15, 0.2) is 0 Å². The zero-order valence-corrected chi connectivity index (χ0v) is 8.67. The van der Waals surface area contributed by atoms with Gasteiger partial charge in [0.1, 0.15) is 0 Å². The lowest BCUT2D eigenvalue weighted by atomic mass is 10.1. The van der Waals surface area contributed by atoms with E-state index >= 15 is 0 Å². The zero-order valence-electron chi connectivity index (χ0n) is 7.78. The second-order valence-corrected chi connectivity index (χ2v) is 7.05. The number of hydrogen-bond acceptors (Lipinski definition) is 2. The summed E-state index contributed by atoms with van der Waals surface area (Å²) in [7, 11) is -3.67. The lowest BCUT2D eigenvalue weighted by molar-refractivity contribution is -0.359. The fourth-order valence-electron chi connectivity index (χ4n) is 0.891. The molecule has 0 aliphatic carbocycles. The topological polar surface area (TPSA) is 37.3 Å². The van der Waals surface area contributed by atoms with Crippen molar-refractivity contribution in [2.75, 3.05) is 19.5 Å². The van der Waals surface area contributed by atoms with Gasteiger partial charge in [0.2, 0.25) is 0 Å². The van der Waals surface area contributed by atoms with E-state index < -0.39 is 31.3 Å². The summed E-state index contributed by atoms with van der Waals surface area (Å²) in [5, 5.41) is 8.60. The first-order valence-corrected chi connectivity index (χ1v) is 6.39. The molecule has 0 saturated carbocycles. The summed E-state index contributed by atoms with van der Waals surface area (Å²) in [5.41, 5.74) is -4.90. The third-order valence-corrected chi connectivity index (χ3v) is 2.77. The highest BCUT2D eigenvalue weighted by molar-refractivity contribution is 7.62. The fourth-order valence-corrected chi connectivity index (χ4v) is 2.35. The molecular formula is C6H9F6O2P. The number of hydrogen-bond donors (Lipinski definition) is 1. The normalized spacial score (nSPS) is 15.5. The maximum absolute atomic E-state index is 12.0. The van der Waals surface area contributed by atoms with Crippen LogP contribution in [-0.4, -0.2) is 42.6 Å². The van der Waals surface area contributed by atoms with E-state index in [1.54, 1.807) is 0 Å². The molecule has 0 bridgehead atoms. The van der Waals surface area contributed by atoms with Crippen LogP contribution in [0, 0.1) is 0 Å². The first kappa shape index (κ1) is 14.8. The Kier molecular flexibility index (Phi) is 3.60. The minimum absolute atomic E-state index is 0.745. The van der Waals surface area contributed by atoms with Crippen molar-refractivity contribution < 1.29 is 36.0 Å². The van der Waals surface area contributed by atoms with Crippen LogP contribution in [0.5, 0.6) is 0 Å². The molecule has 0 atom stereocenters. The average Bonchev–Trinajstić information content (AvgIpc) is 1.77. The molecule has 92 valence electrons. The van der Waals surface area contributed by atoms with Crippen molar-refractivity contribution in [1.29, 1.82) is 0 Å². The lowest BCUT2D eigenvalue weighted by Crippen LogP contribution is -2.59.